The Balaban J connectivity index is 1.99. The molecular formula is C13H20N+. The average molecular weight is 190 g/mol. The van der Waals surface area contributed by atoms with Crippen molar-refractivity contribution in [2.75, 3.05) is 6.54 Å². The molecule has 1 aromatic rings. The quantitative estimate of drug-likeness (QED) is 0.730. The van der Waals surface area contributed by atoms with E-state index in [1.807, 2.05) is 0 Å². The van der Waals surface area contributed by atoms with Crippen LogP contribution in [0.3, 0.4) is 0 Å². The van der Waals surface area contributed by atoms with E-state index >= 15 is 0 Å². The number of quaternary nitrogens is 1. The molecule has 1 fully saturated rings. The normalized spacial score (nSPS) is 22.2. The number of hydrogen-bond acceptors (Lipinski definition) is 0. The van der Waals surface area contributed by atoms with Gasteiger partial charge in [0.25, 0.3) is 0 Å². The summed E-state index contributed by atoms with van der Waals surface area (Å²) < 4.78 is 0. The monoisotopic (exact) mass is 190 g/mol. The lowest BCUT2D eigenvalue weighted by Crippen LogP contribution is -2.91. The summed E-state index contributed by atoms with van der Waals surface area (Å²) in [6, 6.07) is 9.62. The van der Waals surface area contributed by atoms with Crippen LogP contribution in [0, 0.1) is 6.92 Å². The van der Waals surface area contributed by atoms with Crippen molar-refractivity contribution in [3.05, 3.63) is 35.4 Å². The van der Waals surface area contributed by atoms with Crippen LogP contribution in [0.25, 0.3) is 0 Å². The number of hydrogen-bond donors (Lipinski definition) is 1. The fraction of sp³-hybridized carbons (Fsp3) is 0.538. The zero-order valence-electron chi connectivity index (χ0n) is 9.00. The molecule has 2 rings (SSSR count). The molecule has 0 radical (unpaired) electrons. The van der Waals surface area contributed by atoms with Gasteiger partial charge in [-0.15, -0.1) is 0 Å². The molecule has 2 N–H and O–H groups in total. The van der Waals surface area contributed by atoms with E-state index in [9.17, 15) is 0 Å². The molecule has 1 atom stereocenters. The maximum atomic E-state index is 2.52. The first-order valence-corrected chi connectivity index (χ1v) is 5.74. The SMILES string of the molecule is Cc1ccccc1C[C@@H]1CCCC[NH2+]1. The first-order valence-electron chi connectivity index (χ1n) is 5.74. The van der Waals surface area contributed by atoms with E-state index < -0.39 is 0 Å². The summed E-state index contributed by atoms with van der Waals surface area (Å²) in [6.07, 6.45) is 5.48. The maximum absolute atomic E-state index is 2.52. The van der Waals surface area contributed by atoms with E-state index in [1.54, 1.807) is 0 Å². The third-order valence-corrected chi connectivity index (χ3v) is 3.27. The number of benzene rings is 1. The predicted octanol–water partition coefficient (Wildman–Crippen LogP) is 1.65. The van der Waals surface area contributed by atoms with Crippen LogP contribution in [-0.2, 0) is 6.42 Å². The van der Waals surface area contributed by atoms with Gasteiger partial charge in [0.05, 0.1) is 12.6 Å². The number of nitrogens with two attached hydrogens (primary N) is 1. The third-order valence-electron chi connectivity index (χ3n) is 3.27. The van der Waals surface area contributed by atoms with Crippen LogP contribution in [0.5, 0.6) is 0 Å². The highest BCUT2D eigenvalue weighted by molar-refractivity contribution is 5.26. The number of aryl methyl sites for hydroxylation is 1. The zero-order chi connectivity index (χ0) is 9.80. The van der Waals surface area contributed by atoms with Gasteiger partial charge in [-0.1, -0.05) is 24.3 Å². The fourth-order valence-electron chi connectivity index (χ4n) is 2.33. The average Bonchev–Trinajstić information content (AvgIpc) is 2.23. The molecule has 0 spiro atoms. The molecule has 1 nitrogen and oxygen atoms in total. The van der Waals surface area contributed by atoms with Gasteiger partial charge in [-0.3, -0.25) is 0 Å². The minimum atomic E-state index is 0.838. The Hall–Kier alpha value is -0.820. The fourth-order valence-corrected chi connectivity index (χ4v) is 2.33. The lowest BCUT2D eigenvalue weighted by Gasteiger charge is -2.20. The summed E-state index contributed by atoms with van der Waals surface area (Å²) in [4.78, 5) is 0. The Bertz CT molecular complexity index is 287. The predicted molar refractivity (Wildman–Crippen MR) is 59.3 cm³/mol. The molecule has 1 aromatic carbocycles. The summed E-state index contributed by atoms with van der Waals surface area (Å²) in [6.45, 7) is 3.55. The van der Waals surface area contributed by atoms with E-state index in [0.29, 0.717) is 0 Å². The van der Waals surface area contributed by atoms with Gasteiger partial charge in [-0.25, -0.2) is 0 Å². The van der Waals surface area contributed by atoms with Crippen LogP contribution < -0.4 is 5.32 Å². The first kappa shape index (κ1) is 9.72. The van der Waals surface area contributed by atoms with Crippen LogP contribution in [0.15, 0.2) is 24.3 Å². The Morgan fingerprint density at radius 2 is 2.14 bits per heavy atom. The van der Waals surface area contributed by atoms with Crippen LogP contribution in [-0.4, -0.2) is 12.6 Å². The Morgan fingerprint density at radius 1 is 1.29 bits per heavy atom. The summed E-state index contributed by atoms with van der Waals surface area (Å²) in [5.41, 5.74) is 2.99. The molecule has 0 saturated carbocycles. The van der Waals surface area contributed by atoms with Crippen LogP contribution in [0.2, 0.25) is 0 Å². The van der Waals surface area contributed by atoms with Gasteiger partial charge in [0, 0.05) is 6.42 Å². The van der Waals surface area contributed by atoms with Gasteiger partial charge in [0.15, 0.2) is 0 Å². The van der Waals surface area contributed by atoms with Gasteiger partial charge in [0.1, 0.15) is 0 Å². The van der Waals surface area contributed by atoms with E-state index in [4.69, 9.17) is 0 Å². The second kappa shape index (κ2) is 4.61. The molecule has 0 aromatic heterocycles. The second-order valence-corrected chi connectivity index (χ2v) is 4.41. The summed E-state index contributed by atoms with van der Waals surface area (Å²) in [5, 5.41) is 2.52. The van der Waals surface area contributed by atoms with Crippen molar-refractivity contribution < 1.29 is 5.32 Å². The highest BCUT2D eigenvalue weighted by Crippen LogP contribution is 2.12. The Labute approximate surface area is 86.5 Å². The van der Waals surface area contributed by atoms with Gasteiger partial charge in [-0.05, 0) is 37.3 Å². The molecule has 0 unspecified atom stereocenters. The minimum Gasteiger partial charge on any atom is -0.344 e. The van der Waals surface area contributed by atoms with Crippen molar-refractivity contribution in [3.63, 3.8) is 0 Å². The van der Waals surface area contributed by atoms with Gasteiger partial charge >= 0.3 is 0 Å². The molecule has 76 valence electrons. The molecule has 1 aliphatic heterocycles. The molecule has 1 aliphatic rings. The summed E-state index contributed by atoms with van der Waals surface area (Å²) in [5.74, 6) is 0. The van der Waals surface area contributed by atoms with E-state index in [2.05, 4.69) is 36.5 Å². The smallest absolute Gasteiger partial charge is 0.0900 e. The maximum Gasteiger partial charge on any atom is 0.0900 e. The molecule has 0 aliphatic carbocycles. The summed E-state index contributed by atoms with van der Waals surface area (Å²) in [7, 11) is 0. The van der Waals surface area contributed by atoms with E-state index in [-0.39, 0.29) is 0 Å². The summed E-state index contributed by atoms with van der Waals surface area (Å²) >= 11 is 0. The Kier molecular flexibility index (Phi) is 3.20. The van der Waals surface area contributed by atoms with Crippen molar-refractivity contribution in [1.29, 1.82) is 0 Å². The molecule has 1 heterocycles. The highest BCUT2D eigenvalue weighted by Gasteiger charge is 2.16. The lowest BCUT2D eigenvalue weighted by atomic mass is 9.95. The molecule has 1 heteroatoms. The molecule has 14 heavy (non-hydrogen) atoms. The number of rotatable bonds is 2. The largest absolute Gasteiger partial charge is 0.344 e. The van der Waals surface area contributed by atoms with Crippen molar-refractivity contribution >= 4 is 0 Å². The van der Waals surface area contributed by atoms with Crippen LogP contribution >= 0.6 is 0 Å². The lowest BCUT2D eigenvalue weighted by molar-refractivity contribution is -0.697. The van der Waals surface area contributed by atoms with Gasteiger partial charge in [-0.2, -0.15) is 0 Å². The van der Waals surface area contributed by atoms with Gasteiger partial charge in [0.2, 0.25) is 0 Å². The molecular weight excluding hydrogens is 170 g/mol. The zero-order valence-corrected chi connectivity index (χ0v) is 9.00. The third kappa shape index (κ3) is 2.36. The topological polar surface area (TPSA) is 16.6 Å². The molecule has 1 saturated heterocycles. The number of piperidine rings is 1. The molecule has 0 amide bonds. The van der Waals surface area contributed by atoms with Crippen molar-refractivity contribution in [1.82, 2.24) is 0 Å². The van der Waals surface area contributed by atoms with E-state index in [0.717, 1.165) is 6.04 Å². The van der Waals surface area contributed by atoms with Crippen molar-refractivity contribution in [2.24, 2.45) is 0 Å². The van der Waals surface area contributed by atoms with Gasteiger partial charge < -0.3 is 5.32 Å². The van der Waals surface area contributed by atoms with E-state index in [1.165, 1.54) is 43.4 Å². The standard InChI is InChI=1S/C13H19N/c1-11-6-2-3-7-12(11)10-13-8-4-5-9-14-13/h2-3,6-7,13-14H,4-5,8-10H2,1H3/p+1/t13-/m0/s1. The second-order valence-electron chi connectivity index (χ2n) is 4.41. The molecule has 0 bridgehead atoms. The highest BCUT2D eigenvalue weighted by atomic mass is 14.9. The van der Waals surface area contributed by atoms with Crippen molar-refractivity contribution in [3.8, 4) is 0 Å². The Morgan fingerprint density at radius 3 is 2.86 bits per heavy atom. The first-order chi connectivity index (χ1) is 6.86. The minimum absolute atomic E-state index is 0.838. The van der Waals surface area contributed by atoms with Crippen LogP contribution in [0.4, 0.5) is 0 Å². The van der Waals surface area contributed by atoms with Crippen LogP contribution in [0.1, 0.15) is 30.4 Å². The van der Waals surface area contributed by atoms with Crippen molar-refractivity contribution in [2.45, 2.75) is 38.6 Å².